The van der Waals surface area contributed by atoms with Crippen molar-refractivity contribution >= 4 is 12.1 Å². The van der Waals surface area contributed by atoms with E-state index in [1.54, 1.807) is 30.3 Å². The highest BCUT2D eigenvalue weighted by Crippen LogP contribution is 2.11. The van der Waals surface area contributed by atoms with Crippen molar-refractivity contribution in [2.24, 2.45) is 5.10 Å². The molecular weight excluding hydrogens is 328 g/mol. The van der Waals surface area contributed by atoms with Gasteiger partial charge in [-0.1, -0.05) is 24.3 Å². The van der Waals surface area contributed by atoms with Gasteiger partial charge in [0, 0.05) is 11.3 Å². The first kappa shape index (κ1) is 17.4. The fraction of sp³-hybridized carbons (Fsp3) is 0.150. The maximum atomic E-state index is 12.3. The van der Waals surface area contributed by atoms with Crippen LogP contribution in [0.25, 0.3) is 0 Å². The maximum Gasteiger partial charge on any atom is 0.271 e. The molecule has 1 heterocycles. The van der Waals surface area contributed by atoms with E-state index in [0.717, 1.165) is 17.0 Å². The van der Waals surface area contributed by atoms with Crippen molar-refractivity contribution in [1.82, 2.24) is 15.2 Å². The Labute approximate surface area is 151 Å². The molecule has 6 nitrogen and oxygen atoms in total. The molecule has 0 spiro atoms. The second-order valence-corrected chi connectivity index (χ2v) is 6.08. The second-order valence-electron chi connectivity index (χ2n) is 6.08. The van der Waals surface area contributed by atoms with Crippen molar-refractivity contribution in [3.63, 3.8) is 0 Å². The van der Waals surface area contributed by atoms with Gasteiger partial charge in [0.15, 0.2) is 0 Å². The van der Waals surface area contributed by atoms with Crippen LogP contribution in [0, 0.1) is 13.8 Å². The highest BCUT2D eigenvalue weighted by molar-refractivity contribution is 5.95. The third-order valence-electron chi connectivity index (χ3n) is 3.87. The van der Waals surface area contributed by atoms with E-state index in [1.807, 2.05) is 42.8 Å². The summed E-state index contributed by atoms with van der Waals surface area (Å²) in [6.07, 6.45) is 1.48. The zero-order valence-corrected chi connectivity index (χ0v) is 14.7. The molecule has 6 heteroatoms. The Morgan fingerprint density at radius 2 is 2.00 bits per heavy atom. The fourth-order valence-corrected chi connectivity index (χ4v) is 2.65. The van der Waals surface area contributed by atoms with Gasteiger partial charge in [0.1, 0.15) is 5.75 Å². The average molecular weight is 348 g/mol. The Morgan fingerprint density at radius 3 is 2.73 bits per heavy atom. The molecule has 0 saturated heterocycles. The number of benzene rings is 2. The minimum Gasteiger partial charge on any atom is -0.508 e. The standard InChI is InChI=1S/C20H20N4O2/c1-14-9-15(2)24(23-14)13-17-6-3-7-18(10-17)20(26)22-21-12-16-5-4-8-19(25)11-16/h3-12,25H,13H2,1-2H3,(H,22,26)/b21-12+. The van der Waals surface area contributed by atoms with E-state index in [4.69, 9.17) is 0 Å². The summed E-state index contributed by atoms with van der Waals surface area (Å²) < 4.78 is 1.91. The van der Waals surface area contributed by atoms with E-state index in [0.29, 0.717) is 17.7 Å². The predicted octanol–water partition coefficient (Wildman–Crippen LogP) is 3.02. The SMILES string of the molecule is Cc1cc(C)n(Cc2cccc(C(=O)N/N=C/c3cccc(O)c3)c2)n1. The van der Waals surface area contributed by atoms with Gasteiger partial charge in [-0.05, 0) is 55.3 Å². The summed E-state index contributed by atoms with van der Waals surface area (Å²) in [6.45, 7) is 4.57. The van der Waals surface area contributed by atoms with Crippen molar-refractivity contribution in [3.8, 4) is 5.75 Å². The number of carbonyl (C=O) groups excluding carboxylic acids is 1. The molecule has 0 aliphatic rings. The second kappa shape index (κ2) is 7.65. The number of nitrogens with one attached hydrogen (secondary N) is 1. The number of phenols is 1. The molecule has 26 heavy (non-hydrogen) atoms. The molecule has 1 aromatic heterocycles. The molecule has 0 radical (unpaired) electrons. The molecule has 0 saturated carbocycles. The maximum absolute atomic E-state index is 12.3. The lowest BCUT2D eigenvalue weighted by molar-refractivity contribution is 0.0955. The summed E-state index contributed by atoms with van der Waals surface area (Å²) in [5, 5.41) is 17.8. The number of hydrogen-bond donors (Lipinski definition) is 2. The first-order chi connectivity index (χ1) is 12.5. The molecule has 0 aliphatic heterocycles. The van der Waals surface area contributed by atoms with Crippen molar-refractivity contribution in [3.05, 3.63) is 82.7 Å². The zero-order chi connectivity index (χ0) is 18.5. The van der Waals surface area contributed by atoms with Crippen LogP contribution in [0.3, 0.4) is 0 Å². The number of nitrogens with zero attached hydrogens (tertiary/aromatic N) is 3. The highest BCUT2D eigenvalue weighted by Gasteiger charge is 2.07. The van der Waals surface area contributed by atoms with Crippen LogP contribution in [0.5, 0.6) is 5.75 Å². The first-order valence-corrected chi connectivity index (χ1v) is 8.24. The number of amides is 1. The van der Waals surface area contributed by atoms with Gasteiger partial charge in [0.25, 0.3) is 5.91 Å². The Hall–Kier alpha value is -3.41. The van der Waals surface area contributed by atoms with E-state index < -0.39 is 0 Å². The number of aromatic nitrogens is 2. The summed E-state index contributed by atoms with van der Waals surface area (Å²) in [5.41, 5.74) is 6.76. The zero-order valence-electron chi connectivity index (χ0n) is 14.7. The van der Waals surface area contributed by atoms with Crippen LogP contribution in [0.2, 0.25) is 0 Å². The molecule has 2 N–H and O–H groups in total. The summed E-state index contributed by atoms with van der Waals surface area (Å²) in [4.78, 5) is 12.3. The van der Waals surface area contributed by atoms with Crippen LogP contribution >= 0.6 is 0 Å². The molecule has 3 rings (SSSR count). The fourth-order valence-electron chi connectivity index (χ4n) is 2.65. The number of hydrogen-bond acceptors (Lipinski definition) is 4. The van der Waals surface area contributed by atoms with Crippen molar-refractivity contribution in [2.45, 2.75) is 20.4 Å². The molecular formula is C20H20N4O2. The minimum atomic E-state index is -0.295. The molecule has 0 aliphatic carbocycles. The number of aromatic hydroxyl groups is 1. The molecule has 132 valence electrons. The Morgan fingerprint density at radius 1 is 1.19 bits per heavy atom. The minimum absolute atomic E-state index is 0.150. The van der Waals surface area contributed by atoms with Gasteiger partial charge < -0.3 is 5.11 Å². The van der Waals surface area contributed by atoms with Gasteiger partial charge in [-0.2, -0.15) is 10.2 Å². The average Bonchev–Trinajstić information content (AvgIpc) is 2.92. The van der Waals surface area contributed by atoms with Gasteiger partial charge in [-0.3, -0.25) is 9.48 Å². The lowest BCUT2D eigenvalue weighted by Crippen LogP contribution is -2.18. The lowest BCUT2D eigenvalue weighted by Gasteiger charge is -2.06. The molecule has 0 fully saturated rings. The molecule has 3 aromatic rings. The molecule has 0 atom stereocenters. The topological polar surface area (TPSA) is 79.5 Å². The van der Waals surface area contributed by atoms with Crippen LogP contribution in [-0.2, 0) is 6.54 Å². The number of hydrazone groups is 1. The third-order valence-corrected chi connectivity index (χ3v) is 3.87. The number of rotatable bonds is 5. The number of carbonyl (C=O) groups is 1. The van der Waals surface area contributed by atoms with Crippen molar-refractivity contribution in [2.75, 3.05) is 0 Å². The van der Waals surface area contributed by atoms with Crippen LogP contribution in [0.4, 0.5) is 0 Å². The predicted molar refractivity (Wildman–Crippen MR) is 100 cm³/mol. The molecule has 0 bridgehead atoms. The lowest BCUT2D eigenvalue weighted by atomic mass is 10.1. The van der Waals surface area contributed by atoms with E-state index in [1.165, 1.54) is 6.21 Å². The van der Waals surface area contributed by atoms with E-state index >= 15 is 0 Å². The monoisotopic (exact) mass is 348 g/mol. The largest absolute Gasteiger partial charge is 0.508 e. The van der Waals surface area contributed by atoms with E-state index in [2.05, 4.69) is 15.6 Å². The third kappa shape index (κ3) is 4.36. The van der Waals surface area contributed by atoms with Gasteiger partial charge >= 0.3 is 0 Å². The van der Waals surface area contributed by atoms with Gasteiger partial charge in [0.2, 0.25) is 0 Å². The Balaban J connectivity index is 1.67. The molecule has 1 amide bonds. The highest BCUT2D eigenvalue weighted by atomic mass is 16.3. The number of aryl methyl sites for hydroxylation is 2. The quantitative estimate of drug-likeness (QED) is 0.549. The van der Waals surface area contributed by atoms with Crippen LogP contribution in [-0.4, -0.2) is 27.0 Å². The summed E-state index contributed by atoms with van der Waals surface area (Å²) in [7, 11) is 0. The normalized spacial score (nSPS) is 11.0. The molecule has 2 aromatic carbocycles. The van der Waals surface area contributed by atoms with Gasteiger partial charge in [-0.15, -0.1) is 0 Å². The summed E-state index contributed by atoms with van der Waals surface area (Å²) >= 11 is 0. The Kier molecular flexibility index (Phi) is 5.12. The molecule has 0 unspecified atom stereocenters. The van der Waals surface area contributed by atoms with E-state index in [-0.39, 0.29) is 11.7 Å². The van der Waals surface area contributed by atoms with Crippen molar-refractivity contribution < 1.29 is 9.90 Å². The van der Waals surface area contributed by atoms with E-state index in [9.17, 15) is 9.90 Å². The first-order valence-electron chi connectivity index (χ1n) is 8.24. The summed E-state index contributed by atoms with van der Waals surface area (Å²) in [6, 6.07) is 16.0. The van der Waals surface area contributed by atoms with Crippen LogP contribution < -0.4 is 5.43 Å². The smallest absolute Gasteiger partial charge is 0.271 e. The Bertz CT molecular complexity index is 960. The van der Waals surface area contributed by atoms with Crippen molar-refractivity contribution in [1.29, 1.82) is 0 Å². The summed E-state index contributed by atoms with van der Waals surface area (Å²) in [5.74, 6) is -0.145. The van der Waals surface area contributed by atoms with Gasteiger partial charge in [-0.25, -0.2) is 5.43 Å². The van der Waals surface area contributed by atoms with Gasteiger partial charge in [0.05, 0.1) is 18.5 Å². The van der Waals surface area contributed by atoms with Crippen LogP contribution in [0.1, 0.15) is 32.9 Å². The number of phenolic OH excluding ortho intramolecular Hbond substituents is 1. The van der Waals surface area contributed by atoms with Crippen LogP contribution in [0.15, 0.2) is 59.7 Å².